The molecule has 0 aromatic heterocycles. The Morgan fingerprint density at radius 1 is 1.12 bits per heavy atom. The second-order valence-electron chi connectivity index (χ2n) is 4.96. The Labute approximate surface area is 146 Å². The minimum Gasteiger partial charge on any atom is -0.457 e. The van der Waals surface area contributed by atoms with Crippen molar-refractivity contribution < 1.29 is 31.1 Å². The molecule has 0 saturated carbocycles. The molecule has 0 aliphatic carbocycles. The lowest BCUT2D eigenvalue weighted by Gasteiger charge is -2.09. The number of alkyl halides is 3. The first-order valence-electron chi connectivity index (χ1n) is 6.64. The summed E-state index contributed by atoms with van der Waals surface area (Å²) in [6, 6.07) is 7.32. The van der Waals surface area contributed by atoms with Gasteiger partial charge >= 0.3 is 12.1 Å². The van der Waals surface area contributed by atoms with Crippen LogP contribution in [0.5, 0.6) is 0 Å². The second kappa shape index (κ2) is 7.03. The number of primary sulfonamides is 1. The molecule has 0 fully saturated rings. The van der Waals surface area contributed by atoms with Crippen LogP contribution in [0.1, 0.15) is 21.5 Å². The summed E-state index contributed by atoms with van der Waals surface area (Å²) in [6.45, 7) is -0.313. The van der Waals surface area contributed by atoms with Gasteiger partial charge in [-0.1, -0.05) is 23.7 Å². The highest BCUT2D eigenvalue weighted by atomic mass is 35.5. The molecular weight excluding hydrogens is 383 g/mol. The third kappa shape index (κ3) is 4.94. The zero-order valence-corrected chi connectivity index (χ0v) is 14.0. The van der Waals surface area contributed by atoms with Crippen molar-refractivity contribution in [3.63, 3.8) is 0 Å². The van der Waals surface area contributed by atoms with E-state index in [1.807, 2.05) is 0 Å². The van der Waals surface area contributed by atoms with Crippen molar-refractivity contribution in [1.29, 1.82) is 0 Å². The summed E-state index contributed by atoms with van der Waals surface area (Å²) in [5.74, 6) is -0.935. The number of benzene rings is 2. The van der Waals surface area contributed by atoms with Crippen molar-refractivity contribution in [2.75, 3.05) is 0 Å². The predicted molar refractivity (Wildman–Crippen MR) is 83.4 cm³/mol. The summed E-state index contributed by atoms with van der Waals surface area (Å²) in [5, 5.41) is 4.92. The number of rotatable bonds is 4. The molecule has 134 valence electrons. The SMILES string of the molecule is NS(=O)(=O)c1ccc(Cl)c(C(=O)OCc2ccc(C(F)(F)F)cc2)c1. The number of carbonyl (C=O) groups is 1. The number of ether oxygens (including phenoxy) is 1. The fourth-order valence-corrected chi connectivity index (χ4v) is 2.59. The summed E-state index contributed by atoms with van der Waals surface area (Å²) in [5.41, 5.74) is -0.730. The molecular formula is C15H11ClF3NO4S. The second-order valence-corrected chi connectivity index (χ2v) is 6.93. The van der Waals surface area contributed by atoms with Crippen LogP contribution >= 0.6 is 11.6 Å². The lowest BCUT2D eigenvalue weighted by atomic mass is 10.1. The number of esters is 1. The highest BCUT2D eigenvalue weighted by Crippen LogP contribution is 2.29. The summed E-state index contributed by atoms with van der Waals surface area (Å²) in [7, 11) is -4.03. The molecule has 2 aromatic rings. The number of hydrogen-bond donors (Lipinski definition) is 1. The van der Waals surface area contributed by atoms with Crippen LogP contribution in [0.3, 0.4) is 0 Å². The van der Waals surface area contributed by atoms with Crippen molar-refractivity contribution in [2.24, 2.45) is 5.14 Å². The van der Waals surface area contributed by atoms with Crippen LogP contribution in [-0.4, -0.2) is 14.4 Å². The van der Waals surface area contributed by atoms with Gasteiger partial charge in [0.1, 0.15) is 6.61 Å². The van der Waals surface area contributed by atoms with E-state index >= 15 is 0 Å². The summed E-state index contributed by atoms with van der Waals surface area (Å²) >= 11 is 5.83. The first-order valence-corrected chi connectivity index (χ1v) is 8.56. The van der Waals surface area contributed by atoms with Crippen molar-refractivity contribution in [1.82, 2.24) is 0 Å². The first-order chi connectivity index (χ1) is 11.5. The Kier molecular flexibility index (Phi) is 5.40. The number of carbonyl (C=O) groups excluding carboxylic acids is 1. The molecule has 0 atom stereocenters. The molecule has 10 heteroatoms. The Hall–Kier alpha value is -2.10. The van der Waals surface area contributed by atoms with Gasteiger partial charge in [0.25, 0.3) is 0 Å². The average molecular weight is 394 g/mol. The molecule has 0 saturated heterocycles. The standard InChI is InChI=1S/C15H11ClF3NO4S/c16-13-6-5-11(25(20,22)23)7-12(13)14(21)24-8-9-1-3-10(4-2-9)15(17,18)19/h1-7H,8H2,(H2,20,22,23). The van der Waals surface area contributed by atoms with Gasteiger partial charge in [0.15, 0.2) is 0 Å². The molecule has 0 bridgehead atoms. The number of halogens is 4. The third-order valence-corrected chi connectivity index (χ3v) is 4.38. The van der Waals surface area contributed by atoms with E-state index in [1.54, 1.807) is 0 Å². The van der Waals surface area contributed by atoms with Crippen LogP contribution in [0.25, 0.3) is 0 Å². The van der Waals surface area contributed by atoms with Gasteiger partial charge < -0.3 is 4.74 Å². The summed E-state index contributed by atoms with van der Waals surface area (Å²) in [4.78, 5) is 11.7. The maximum atomic E-state index is 12.5. The zero-order chi connectivity index (χ0) is 18.8. The Morgan fingerprint density at radius 2 is 1.72 bits per heavy atom. The molecule has 2 aromatic carbocycles. The fourth-order valence-electron chi connectivity index (χ4n) is 1.85. The minimum atomic E-state index is -4.46. The largest absolute Gasteiger partial charge is 0.457 e. The maximum absolute atomic E-state index is 12.5. The fraction of sp³-hybridized carbons (Fsp3) is 0.133. The van der Waals surface area contributed by atoms with Crippen LogP contribution in [0, 0.1) is 0 Å². The van der Waals surface area contributed by atoms with E-state index in [2.05, 4.69) is 0 Å². The number of hydrogen-bond acceptors (Lipinski definition) is 4. The topological polar surface area (TPSA) is 86.5 Å². The Morgan fingerprint density at radius 3 is 2.24 bits per heavy atom. The quantitative estimate of drug-likeness (QED) is 0.807. The predicted octanol–water partition coefficient (Wildman–Crippen LogP) is 3.36. The molecule has 0 unspecified atom stereocenters. The molecule has 2 rings (SSSR count). The van der Waals surface area contributed by atoms with Gasteiger partial charge in [-0.05, 0) is 35.9 Å². The van der Waals surface area contributed by atoms with Crippen LogP contribution < -0.4 is 5.14 Å². The third-order valence-electron chi connectivity index (χ3n) is 3.14. The monoisotopic (exact) mass is 393 g/mol. The van der Waals surface area contributed by atoms with E-state index in [0.29, 0.717) is 5.56 Å². The van der Waals surface area contributed by atoms with Crippen molar-refractivity contribution >= 4 is 27.6 Å². The molecule has 2 N–H and O–H groups in total. The van der Waals surface area contributed by atoms with Gasteiger partial charge in [-0.15, -0.1) is 0 Å². The maximum Gasteiger partial charge on any atom is 0.416 e. The zero-order valence-electron chi connectivity index (χ0n) is 12.4. The minimum absolute atomic E-state index is 0.0511. The van der Waals surface area contributed by atoms with Gasteiger partial charge in [-0.2, -0.15) is 13.2 Å². The van der Waals surface area contributed by atoms with E-state index < -0.39 is 27.7 Å². The molecule has 0 spiro atoms. The molecule has 0 aliphatic heterocycles. The van der Waals surface area contributed by atoms with Gasteiger partial charge in [-0.3, -0.25) is 0 Å². The summed E-state index contributed by atoms with van der Waals surface area (Å²) < 4.78 is 65.0. The molecule has 5 nitrogen and oxygen atoms in total. The van der Waals surface area contributed by atoms with E-state index in [-0.39, 0.29) is 22.1 Å². The van der Waals surface area contributed by atoms with Crippen LogP contribution in [0.2, 0.25) is 5.02 Å². The number of sulfonamides is 1. The van der Waals surface area contributed by atoms with Gasteiger partial charge in [0, 0.05) is 0 Å². The van der Waals surface area contributed by atoms with E-state index in [4.69, 9.17) is 21.5 Å². The molecule has 0 aliphatic rings. The molecule has 0 amide bonds. The van der Waals surface area contributed by atoms with E-state index in [9.17, 15) is 26.4 Å². The van der Waals surface area contributed by atoms with E-state index in [1.165, 1.54) is 18.2 Å². The van der Waals surface area contributed by atoms with Gasteiger partial charge in [-0.25, -0.2) is 18.4 Å². The van der Waals surface area contributed by atoms with Crippen molar-refractivity contribution in [3.05, 3.63) is 64.2 Å². The van der Waals surface area contributed by atoms with Crippen LogP contribution in [0.15, 0.2) is 47.4 Å². The smallest absolute Gasteiger partial charge is 0.416 e. The van der Waals surface area contributed by atoms with E-state index in [0.717, 1.165) is 24.3 Å². The Bertz CT molecular complexity index is 896. The highest BCUT2D eigenvalue weighted by Gasteiger charge is 2.30. The van der Waals surface area contributed by atoms with Gasteiger partial charge in [0.2, 0.25) is 10.0 Å². The van der Waals surface area contributed by atoms with Crippen LogP contribution in [0.4, 0.5) is 13.2 Å². The van der Waals surface area contributed by atoms with Gasteiger partial charge in [0.05, 0.1) is 21.0 Å². The normalized spacial score (nSPS) is 12.0. The van der Waals surface area contributed by atoms with Crippen molar-refractivity contribution in [3.8, 4) is 0 Å². The summed E-state index contributed by atoms with van der Waals surface area (Å²) in [6.07, 6.45) is -4.46. The first kappa shape index (κ1) is 19.2. The average Bonchev–Trinajstić information content (AvgIpc) is 2.51. The highest BCUT2D eigenvalue weighted by molar-refractivity contribution is 7.89. The number of nitrogens with two attached hydrogens (primary N) is 1. The molecule has 0 heterocycles. The lowest BCUT2D eigenvalue weighted by Crippen LogP contribution is -2.14. The molecule has 0 radical (unpaired) electrons. The van der Waals surface area contributed by atoms with Crippen molar-refractivity contribution in [2.45, 2.75) is 17.7 Å². The molecule has 25 heavy (non-hydrogen) atoms. The Balaban J connectivity index is 2.13. The van der Waals surface area contributed by atoms with Crippen LogP contribution in [-0.2, 0) is 27.5 Å². The lowest BCUT2D eigenvalue weighted by molar-refractivity contribution is -0.137.